The van der Waals surface area contributed by atoms with Gasteiger partial charge in [0, 0.05) is 22.0 Å². The number of nitrogens with zero attached hydrogens (tertiary/aromatic N) is 2. The Kier molecular flexibility index (Phi) is 3.59. The van der Waals surface area contributed by atoms with Crippen molar-refractivity contribution >= 4 is 33.8 Å². The average molecular weight is 334 g/mol. The number of rotatable bonds is 3. The topological polar surface area (TPSA) is 70.7 Å². The smallest absolute Gasteiger partial charge is 0.275 e. The van der Waals surface area contributed by atoms with E-state index in [0.29, 0.717) is 5.69 Å². The van der Waals surface area contributed by atoms with E-state index in [9.17, 15) is 4.79 Å². The zero-order valence-electron chi connectivity index (χ0n) is 12.9. The number of hydrogen-bond donors (Lipinski definition) is 2. The summed E-state index contributed by atoms with van der Waals surface area (Å²) in [6, 6.07) is 13.7. The SMILES string of the molecule is Cc1ccc(-c2nc(C(=O)Nc3ccc4[nH]ncc4c3)cs2)cc1. The minimum atomic E-state index is -0.215. The van der Waals surface area contributed by atoms with Crippen LogP contribution in [0.25, 0.3) is 21.5 Å². The van der Waals surface area contributed by atoms with Gasteiger partial charge in [-0.05, 0) is 25.1 Å². The van der Waals surface area contributed by atoms with Crippen LogP contribution in [0.3, 0.4) is 0 Å². The summed E-state index contributed by atoms with van der Waals surface area (Å²) < 4.78 is 0. The third kappa shape index (κ3) is 2.79. The number of carbonyl (C=O) groups is 1. The van der Waals surface area contributed by atoms with Crippen molar-refractivity contribution in [2.24, 2.45) is 0 Å². The lowest BCUT2D eigenvalue weighted by Gasteiger charge is -2.03. The number of anilines is 1. The van der Waals surface area contributed by atoms with Crippen molar-refractivity contribution in [2.75, 3.05) is 5.32 Å². The van der Waals surface area contributed by atoms with Gasteiger partial charge in [0.2, 0.25) is 0 Å². The summed E-state index contributed by atoms with van der Waals surface area (Å²) in [5.41, 5.74) is 4.29. The number of amides is 1. The molecule has 118 valence electrons. The first-order chi connectivity index (χ1) is 11.7. The average Bonchev–Trinajstić information content (AvgIpc) is 3.24. The van der Waals surface area contributed by atoms with Crippen molar-refractivity contribution in [3.05, 3.63) is 65.3 Å². The Morgan fingerprint density at radius 1 is 1.17 bits per heavy atom. The van der Waals surface area contributed by atoms with Crippen LogP contribution in [0.2, 0.25) is 0 Å². The molecule has 0 fully saturated rings. The van der Waals surface area contributed by atoms with Crippen LogP contribution < -0.4 is 5.32 Å². The number of carbonyl (C=O) groups excluding carboxylic acids is 1. The predicted octanol–water partition coefficient (Wildman–Crippen LogP) is 4.25. The summed E-state index contributed by atoms with van der Waals surface area (Å²) >= 11 is 1.46. The summed E-state index contributed by atoms with van der Waals surface area (Å²) in [6.45, 7) is 2.04. The highest BCUT2D eigenvalue weighted by Crippen LogP contribution is 2.25. The Labute approximate surface area is 142 Å². The Bertz CT molecular complexity index is 1020. The van der Waals surface area contributed by atoms with Gasteiger partial charge in [-0.2, -0.15) is 5.10 Å². The van der Waals surface area contributed by atoms with E-state index in [4.69, 9.17) is 0 Å². The van der Waals surface area contributed by atoms with Gasteiger partial charge in [-0.25, -0.2) is 4.98 Å². The molecular weight excluding hydrogens is 320 g/mol. The molecule has 24 heavy (non-hydrogen) atoms. The highest BCUT2D eigenvalue weighted by atomic mass is 32.1. The van der Waals surface area contributed by atoms with Gasteiger partial charge < -0.3 is 5.32 Å². The number of nitrogens with one attached hydrogen (secondary N) is 2. The van der Waals surface area contributed by atoms with Gasteiger partial charge in [-0.15, -0.1) is 11.3 Å². The standard InChI is InChI=1S/C18H14N4OS/c1-11-2-4-12(5-3-11)18-21-16(10-24-18)17(23)20-14-6-7-15-13(8-14)9-19-22-15/h2-10H,1H3,(H,19,22)(H,20,23). The first-order valence-corrected chi connectivity index (χ1v) is 8.34. The van der Waals surface area contributed by atoms with Crippen LogP contribution in [0.4, 0.5) is 5.69 Å². The summed E-state index contributed by atoms with van der Waals surface area (Å²) in [5, 5.41) is 13.3. The van der Waals surface area contributed by atoms with Crippen LogP contribution in [0.1, 0.15) is 16.1 Å². The number of fused-ring (bicyclic) bond motifs is 1. The van der Waals surface area contributed by atoms with Crippen LogP contribution in [-0.2, 0) is 0 Å². The second kappa shape index (κ2) is 5.90. The van der Waals surface area contributed by atoms with Gasteiger partial charge in [-0.1, -0.05) is 29.8 Å². The van der Waals surface area contributed by atoms with Crippen molar-refractivity contribution in [3.63, 3.8) is 0 Å². The van der Waals surface area contributed by atoms with Crippen LogP contribution >= 0.6 is 11.3 Å². The van der Waals surface area contributed by atoms with E-state index in [2.05, 4.69) is 20.5 Å². The van der Waals surface area contributed by atoms with E-state index in [1.54, 1.807) is 11.6 Å². The van der Waals surface area contributed by atoms with Crippen molar-refractivity contribution in [3.8, 4) is 10.6 Å². The molecule has 5 nitrogen and oxygen atoms in total. The Balaban J connectivity index is 1.55. The lowest BCUT2D eigenvalue weighted by Crippen LogP contribution is -2.12. The zero-order valence-corrected chi connectivity index (χ0v) is 13.7. The molecule has 1 amide bonds. The maximum absolute atomic E-state index is 12.4. The van der Waals surface area contributed by atoms with Crippen LogP contribution in [0, 0.1) is 6.92 Å². The molecule has 0 saturated carbocycles. The maximum atomic E-state index is 12.4. The fraction of sp³-hybridized carbons (Fsp3) is 0.0556. The molecule has 0 atom stereocenters. The van der Waals surface area contributed by atoms with Crippen LogP contribution in [0.5, 0.6) is 0 Å². The minimum Gasteiger partial charge on any atom is -0.321 e. The van der Waals surface area contributed by atoms with Crippen molar-refractivity contribution in [2.45, 2.75) is 6.92 Å². The molecule has 4 aromatic rings. The number of hydrogen-bond acceptors (Lipinski definition) is 4. The van der Waals surface area contributed by atoms with Crippen LogP contribution in [0.15, 0.2) is 54.0 Å². The Morgan fingerprint density at radius 2 is 2.00 bits per heavy atom. The normalized spacial score (nSPS) is 10.9. The van der Waals surface area contributed by atoms with Gasteiger partial charge in [0.15, 0.2) is 0 Å². The molecule has 2 aromatic heterocycles. The fourth-order valence-corrected chi connectivity index (χ4v) is 3.23. The predicted molar refractivity (Wildman–Crippen MR) is 96.3 cm³/mol. The fourth-order valence-electron chi connectivity index (χ4n) is 2.42. The van der Waals surface area contributed by atoms with Gasteiger partial charge in [0.25, 0.3) is 5.91 Å². The molecule has 0 unspecified atom stereocenters. The van der Waals surface area contributed by atoms with Gasteiger partial charge in [-0.3, -0.25) is 9.89 Å². The van der Waals surface area contributed by atoms with E-state index in [1.807, 2.05) is 49.4 Å². The molecule has 0 aliphatic rings. The number of H-pyrrole nitrogens is 1. The lowest BCUT2D eigenvalue weighted by atomic mass is 10.2. The second-order valence-electron chi connectivity index (χ2n) is 5.53. The first-order valence-electron chi connectivity index (χ1n) is 7.46. The van der Waals surface area contributed by atoms with E-state index in [1.165, 1.54) is 16.9 Å². The minimum absolute atomic E-state index is 0.215. The van der Waals surface area contributed by atoms with Crippen molar-refractivity contribution in [1.82, 2.24) is 15.2 Å². The molecule has 0 saturated heterocycles. The third-order valence-electron chi connectivity index (χ3n) is 3.73. The highest BCUT2D eigenvalue weighted by Gasteiger charge is 2.12. The number of aryl methyl sites for hydroxylation is 1. The highest BCUT2D eigenvalue weighted by molar-refractivity contribution is 7.13. The number of aromatic amines is 1. The molecule has 0 bridgehead atoms. The zero-order chi connectivity index (χ0) is 16.5. The molecule has 2 N–H and O–H groups in total. The molecule has 6 heteroatoms. The van der Waals surface area contributed by atoms with E-state index >= 15 is 0 Å². The quantitative estimate of drug-likeness (QED) is 0.588. The number of thiazole rings is 1. The lowest BCUT2D eigenvalue weighted by molar-refractivity contribution is 0.102. The molecule has 4 rings (SSSR count). The second-order valence-corrected chi connectivity index (χ2v) is 6.39. The molecule has 0 spiro atoms. The molecular formula is C18H14N4OS. The first kappa shape index (κ1) is 14.6. The number of aromatic nitrogens is 3. The van der Waals surface area contributed by atoms with Crippen molar-refractivity contribution < 1.29 is 4.79 Å². The van der Waals surface area contributed by atoms with Crippen molar-refractivity contribution in [1.29, 1.82) is 0 Å². The Hall–Kier alpha value is -2.99. The Morgan fingerprint density at radius 3 is 2.83 bits per heavy atom. The van der Waals surface area contributed by atoms with Gasteiger partial charge in [0.05, 0.1) is 11.7 Å². The summed E-state index contributed by atoms with van der Waals surface area (Å²) in [4.78, 5) is 16.8. The van der Waals surface area contributed by atoms with E-state index < -0.39 is 0 Å². The maximum Gasteiger partial charge on any atom is 0.275 e. The monoisotopic (exact) mass is 334 g/mol. The molecule has 0 aliphatic carbocycles. The summed E-state index contributed by atoms with van der Waals surface area (Å²) in [7, 11) is 0. The molecule has 0 radical (unpaired) electrons. The van der Waals surface area contributed by atoms with Gasteiger partial charge in [0.1, 0.15) is 10.7 Å². The largest absolute Gasteiger partial charge is 0.321 e. The molecule has 2 aromatic carbocycles. The summed E-state index contributed by atoms with van der Waals surface area (Å²) in [6.07, 6.45) is 1.73. The van der Waals surface area contributed by atoms with Crippen LogP contribution in [-0.4, -0.2) is 21.1 Å². The number of benzene rings is 2. The molecule has 2 heterocycles. The third-order valence-corrected chi connectivity index (χ3v) is 4.62. The van der Waals surface area contributed by atoms with Gasteiger partial charge >= 0.3 is 0 Å². The molecule has 0 aliphatic heterocycles. The van der Waals surface area contributed by atoms with E-state index in [-0.39, 0.29) is 5.91 Å². The summed E-state index contributed by atoms with van der Waals surface area (Å²) in [5.74, 6) is -0.215. The van der Waals surface area contributed by atoms with E-state index in [0.717, 1.165) is 27.2 Å².